The minimum Gasteiger partial charge on any atom is -0.497 e. The van der Waals surface area contributed by atoms with Gasteiger partial charge in [-0.25, -0.2) is 0 Å². The number of nitrogens with zero attached hydrogens (tertiary/aromatic N) is 2. The van der Waals surface area contributed by atoms with Crippen LogP contribution in [0.2, 0.25) is 5.02 Å². The first-order valence-corrected chi connectivity index (χ1v) is 12.5. The summed E-state index contributed by atoms with van der Waals surface area (Å²) in [6.45, 7) is 0.915. The predicted molar refractivity (Wildman–Crippen MR) is 145 cm³/mol. The maximum absolute atomic E-state index is 13.9. The van der Waals surface area contributed by atoms with Crippen LogP contribution in [0.15, 0.2) is 85.1 Å². The molecule has 1 aliphatic heterocycles. The van der Waals surface area contributed by atoms with Gasteiger partial charge in [0.15, 0.2) is 0 Å². The molecule has 0 saturated carbocycles. The van der Waals surface area contributed by atoms with Crippen LogP contribution in [0.25, 0.3) is 28.0 Å². The standard InChI is InChI=1S/C30H26ClN3O2/c1-36-24-16-10-21(11-17-24)27-25-9-5-6-18-33-26(20-7-3-2-4-8-20)19-34(30(25)33)28(27)29(35)32-23-14-12-22(31)13-15-23/h2-4,7-8,10-17,19H,5-6,9,18H2,1H3,(H,32,35). The van der Waals surface area contributed by atoms with E-state index in [1.807, 2.05) is 42.5 Å². The van der Waals surface area contributed by atoms with Crippen molar-refractivity contribution < 1.29 is 9.53 Å². The van der Waals surface area contributed by atoms with Gasteiger partial charge < -0.3 is 14.6 Å². The van der Waals surface area contributed by atoms with Crippen LogP contribution in [0, 0.1) is 0 Å². The Hall–Kier alpha value is -3.96. The van der Waals surface area contributed by atoms with Crippen LogP contribution in [0.5, 0.6) is 5.75 Å². The number of nitrogens with one attached hydrogen (secondary N) is 1. The number of hydrogen-bond acceptors (Lipinski definition) is 2. The lowest BCUT2D eigenvalue weighted by Crippen LogP contribution is -2.15. The normalized spacial score (nSPS) is 12.9. The van der Waals surface area contributed by atoms with Crippen molar-refractivity contribution in [2.24, 2.45) is 0 Å². The van der Waals surface area contributed by atoms with E-state index in [2.05, 4.69) is 44.7 Å². The maximum atomic E-state index is 13.9. The highest BCUT2D eigenvalue weighted by molar-refractivity contribution is 6.30. The largest absolute Gasteiger partial charge is 0.497 e. The minimum absolute atomic E-state index is 0.151. The summed E-state index contributed by atoms with van der Waals surface area (Å²) in [5.41, 5.74) is 7.90. The molecule has 1 N–H and O–H groups in total. The van der Waals surface area contributed by atoms with E-state index in [-0.39, 0.29) is 5.91 Å². The van der Waals surface area contributed by atoms with Crippen LogP contribution in [0.3, 0.4) is 0 Å². The van der Waals surface area contributed by atoms with E-state index in [0.29, 0.717) is 16.4 Å². The Labute approximate surface area is 214 Å². The quantitative estimate of drug-likeness (QED) is 0.277. The number of imidazole rings is 1. The molecule has 0 aliphatic carbocycles. The van der Waals surface area contributed by atoms with E-state index in [1.165, 1.54) is 5.56 Å². The first kappa shape index (κ1) is 22.5. The Morgan fingerprint density at radius 1 is 0.917 bits per heavy atom. The average Bonchev–Trinajstić information content (AvgIpc) is 3.33. The molecule has 0 fully saturated rings. The first-order chi connectivity index (χ1) is 17.6. The van der Waals surface area contributed by atoms with Gasteiger partial charge in [-0.05, 0) is 66.8 Å². The second-order valence-corrected chi connectivity index (χ2v) is 9.51. The fourth-order valence-corrected chi connectivity index (χ4v) is 5.37. The summed E-state index contributed by atoms with van der Waals surface area (Å²) in [5.74, 6) is 0.637. The molecule has 1 aliphatic rings. The zero-order valence-electron chi connectivity index (χ0n) is 20.0. The fourth-order valence-electron chi connectivity index (χ4n) is 5.24. The van der Waals surface area contributed by atoms with Gasteiger partial charge >= 0.3 is 0 Å². The number of methoxy groups -OCH3 is 1. The van der Waals surface area contributed by atoms with E-state index in [4.69, 9.17) is 16.3 Å². The molecule has 2 aromatic heterocycles. The molecule has 0 unspecified atom stereocenters. The molecule has 0 saturated heterocycles. The second-order valence-electron chi connectivity index (χ2n) is 9.07. The molecule has 6 heteroatoms. The number of carbonyl (C=O) groups is 1. The summed E-state index contributed by atoms with van der Waals surface area (Å²) >= 11 is 6.07. The van der Waals surface area contributed by atoms with Gasteiger partial charge in [-0.3, -0.25) is 9.20 Å². The highest BCUT2D eigenvalue weighted by atomic mass is 35.5. The number of amides is 1. The Balaban J connectivity index is 1.59. The molecule has 36 heavy (non-hydrogen) atoms. The Morgan fingerprint density at radius 2 is 1.67 bits per heavy atom. The Morgan fingerprint density at radius 3 is 2.39 bits per heavy atom. The third-order valence-electron chi connectivity index (χ3n) is 6.90. The van der Waals surface area contributed by atoms with Gasteiger partial charge in [0.25, 0.3) is 5.91 Å². The molecule has 0 atom stereocenters. The molecule has 3 aromatic carbocycles. The lowest BCUT2D eigenvalue weighted by atomic mass is 9.97. The van der Waals surface area contributed by atoms with Crippen LogP contribution < -0.4 is 10.1 Å². The summed E-state index contributed by atoms with van der Waals surface area (Å²) in [6.07, 6.45) is 5.19. The summed E-state index contributed by atoms with van der Waals surface area (Å²) in [5, 5.41) is 3.73. The van der Waals surface area contributed by atoms with Crippen molar-refractivity contribution in [1.29, 1.82) is 0 Å². The van der Waals surface area contributed by atoms with Crippen LogP contribution in [-0.2, 0) is 13.0 Å². The third-order valence-corrected chi connectivity index (χ3v) is 7.15. The molecule has 1 amide bonds. The van der Waals surface area contributed by atoms with Crippen molar-refractivity contribution in [3.8, 4) is 28.1 Å². The number of aromatic nitrogens is 2. The molecule has 0 radical (unpaired) electrons. The van der Waals surface area contributed by atoms with Crippen molar-refractivity contribution >= 4 is 28.8 Å². The number of halogens is 1. The summed E-state index contributed by atoms with van der Waals surface area (Å²) in [6, 6.07) is 25.6. The van der Waals surface area contributed by atoms with Crippen LogP contribution in [0.1, 0.15) is 28.9 Å². The van der Waals surface area contributed by atoms with Crippen molar-refractivity contribution in [2.45, 2.75) is 25.8 Å². The molecule has 6 rings (SSSR count). The number of rotatable bonds is 5. The monoisotopic (exact) mass is 495 g/mol. The first-order valence-electron chi connectivity index (χ1n) is 12.2. The van der Waals surface area contributed by atoms with E-state index < -0.39 is 0 Å². The molecule has 5 nitrogen and oxygen atoms in total. The van der Waals surface area contributed by atoms with Crippen LogP contribution in [-0.4, -0.2) is 22.0 Å². The predicted octanol–water partition coefficient (Wildman–Crippen LogP) is 7.33. The van der Waals surface area contributed by atoms with Gasteiger partial charge in [0.05, 0.1) is 12.8 Å². The number of ether oxygens (including phenoxy) is 1. The zero-order valence-corrected chi connectivity index (χ0v) is 20.8. The van der Waals surface area contributed by atoms with Gasteiger partial charge in [-0.2, -0.15) is 0 Å². The molecule has 5 aromatic rings. The smallest absolute Gasteiger partial charge is 0.273 e. The summed E-state index contributed by atoms with van der Waals surface area (Å²) in [4.78, 5) is 13.9. The maximum Gasteiger partial charge on any atom is 0.273 e. The molecular formula is C30H26ClN3O2. The number of benzene rings is 3. The Kier molecular flexibility index (Phi) is 5.78. The van der Waals surface area contributed by atoms with E-state index in [0.717, 1.165) is 59.6 Å². The number of carbonyl (C=O) groups excluding carboxylic acids is 1. The van der Waals surface area contributed by atoms with Crippen molar-refractivity contribution in [1.82, 2.24) is 8.97 Å². The number of anilines is 1. The van der Waals surface area contributed by atoms with E-state index >= 15 is 0 Å². The lowest BCUT2D eigenvalue weighted by Gasteiger charge is -2.11. The van der Waals surface area contributed by atoms with Gasteiger partial charge in [-0.15, -0.1) is 0 Å². The fraction of sp³-hybridized carbons (Fsp3) is 0.167. The minimum atomic E-state index is -0.151. The average molecular weight is 496 g/mol. The zero-order chi connectivity index (χ0) is 24.6. The number of hydrogen-bond donors (Lipinski definition) is 1. The summed E-state index contributed by atoms with van der Waals surface area (Å²) < 4.78 is 9.86. The van der Waals surface area contributed by atoms with Gasteiger partial charge in [0.1, 0.15) is 17.1 Å². The Bertz CT molecular complexity index is 1550. The van der Waals surface area contributed by atoms with E-state index in [1.54, 1.807) is 19.2 Å². The van der Waals surface area contributed by atoms with Gasteiger partial charge in [-0.1, -0.05) is 54.1 Å². The van der Waals surface area contributed by atoms with Gasteiger partial charge in [0.2, 0.25) is 0 Å². The molecule has 0 bridgehead atoms. The van der Waals surface area contributed by atoms with Crippen LogP contribution >= 0.6 is 11.6 Å². The highest BCUT2D eigenvalue weighted by Gasteiger charge is 2.29. The second kappa shape index (κ2) is 9.25. The molecule has 180 valence electrons. The third kappa shape index (κ3) is 3.86. The number of aryl methyl sites for hydroxylation is 2. The highest BCUT2D eigenvalue weighted by Crippen LogP contribution is 2.40. The van der Waals surface area contributed by atoms with Crippen molar-refractivity contribution in [3.05, 3.63) is 101 Å². The lowest BCUT2D eigenvalue weighted by molar-refractivity contribution is 0.102. The molecular weight excluding hydrogens is 470 g/mol. The topological polar surface area (TPSA) is 47.7 Å². The summed E-state index contributed by atoms with van der Waals surface area (Å²) in [7, 11) is 1.66. The van der Waals surface area contributed by atoms with Crippen molar-refractivity contribution in [3.63, 3.8) is 0 Å². The van der Waals surface area contributed by atoms with Gasteiger partial charge in [0, 0.05) is 34.6 Å². The molecule has 3 heterocycles. The SMILES string of the molecule is COc1ccc(-c2c3c4n(c(-c5ccccc5)cn4c2C(=O)Nc2ccc(Cl)cc2)CCCC3)cc1. The van der Waals surface area contributed by atoms with Crippen molar-refractivity contribution in [2.75, 3.05) is 12.4 Å². The molecule has 0 spiro atoms. The van der Waals surface area contributed by atoms with Crippen LogP contribution in [0.4, 0.5) is 5.69 Å². The van der Waals surface area contributed by atoms with E-state index in [9.17, 15) is 4.79 Å².